The van der Waals surface area contributed by atoms with Crippen LogP contribution in [0.5, 0.6) is 0 Å². The fraction of sp³-hybridized carbons (Fsp3) is 0.733. The lowest BCUT2D eigenvalue weighted by atomic mass is 9.95. The Morgan fingerprint density at radius 1 is 1.48 bits per heavy atom. The van der Waals surface area contributed by atoms with E-state index in [0.29, 0.717) is 6.04 Å². The first-order valence-electron chi connectivity index (χ1n) is 7.49. The molecule has 1 aromatic heterocycles. The van der Waals surface area contributed by atoms with E-state index in [-0.39, 0.29) is 11.6 Å². The average molecular weight is 356 g/mol. The molecule has 1 saturated carbocycles. The van der Waals surface area contributed by atoms with Crippen molar-refractivity contribution in [2.24, 2.45) is 0 Å². The molecule has 1 unspecified atom stereocenters. The molecule has 116 valence electrons. The van der Waals surface area contributed by atoms with Crippen molar-refractivity contribution in [2.45, 2.75) is 63.6 Å². The second-order valence-electron chi connectivity index (χ2n) is 7.14. The van der Waals surface area contributed by atoms with E-state index < -0.39 is 5.60 Å². The summed E-state index contributed by atoms with van der Waals surface area (Å²) < 4.78 is 8.58. The van der Waals surface area contributed by atoms with Crippen molar-refractivity contribution in [2.75, 3.05) is 6.54 Å². The Kier molecular flexibility index (Phi) is 3.55. The number of hydrogen-bond acceptors (Lipinski definition) is 3. The van der Waals surface area contributed by atoms with Gasteiger partial charge >= 0.3 is 6.09 Å². The molecule has 1 saturated heterocycles. The molecule has 5 nitrogen and oxygen atoms in total. The number of halogens is 1. The number of piperidine rings is 1. The molecule has 0 radical (unpaired) electrons. The van der Waals surface area contributed by atoms with Gasteiger partial charge in [0, 0.05) is 18.3 Å². The summed E-state index contributed by atoms with van der Waals surface area (Å²) in [6, 6.07) is 0.373. The van der Waals surface area contributed by atoms with Crippen LogP contribution in [-0.2, 0) is 4.74 Å². The van der Waals surface area contributed by atoms with Crippen molar-refractivity contribution in [3.8, 4) is 0 Å². The number of hydrogen-bond donors (Lipinski definition) is 0. The fourth-order valence-corrected chi connectivity index (χ4v) is 3.43. The van der Waals surface area contributed by atoms with Gasteiger partial charge in [-0.3, -0.25) is 4.68 Å². The van der Waals surface area contributed by atoms with Crippen LogP contribution in [0.15, 0.2) is 16.9 Å². The van der Waals surface area contributed by atoms with Crippen LogP contribution in [0.25, 0.3) is 0 Å². The van der Waals surface area contributed by atoms with Gasteiger partial charge in [0.25, 0.3) is 0 Å². The Bertz CT molecular complexity index is 545. The quantitative estimate of drug-likeness (QED) is 0.770. The van der Waals surface area contributed by atoms with Gasteiger partial charge in [0.1, 0.15) is 5.60 Å². The molecule has 2 heterocycles. The number of carbonyl (C=O) groups is 1. The standard InChI is InChI=1S/C15H22BrN3O2/c1-14(2,3)21-13(20)18-7-4-12(8-15(18)5-6-15)19-10-11(16)9-17-19/h9-10,12H,4-8H2,1-3H3. The molecule has 1 aliphatic carbocycles. The highest BCUT2D eigenvalue weighted by molar-refractivity contribution is 9.10. The van der Waals surface area contributed by atoms with Crippen molar-refractivity contribution in [3.63, 3.8) is 0 Å². The third kappa shape index (κ3) is 3.10. The molecule has 21 heavy (non-hydrogen) atoms. The largest absolute Gasteiger partial charge is 0.444 e. The molecule has 0 bridgehead atoms. The third-order valence-electron chi connectivity index (χ3n) is 4.26. The van der Waals surface area contributed by atoms with Crippen molar-refractivity contribution in [3.05, 3.63) is 16.9 Å². The summed E-state index contributed by atoms with van der Waals surface area (Å²) in [5.41, 5.74) is -0.430. The summed E-state index contributed by atoms with van der Waals surface area (Å²) in [7, 11) is 0. The molecular formula is C15H22BrN3O2. The second kappa shape index (κ2) is 5.00. The number of aromatic nitrogens is 2. The smallest absolute Gasteiger partial charge is 0.410 e. The van der Waals surface area contributed by atoms with E-state index in [2.05, 4.69) is 21.0 Å². The van der Waals surface area contributed by atoms with Crippen molar-refractivity contribution in [1.29, 1.82) is 0 Å². The van der Waals surface area contributed by atoms with Crippen molar-refractivity contribution < 1.29 is 9.53 Å². The summed E-state index contributed by atoms with van der Waals surface area (Å²) in [5.74, 6) is 0. The molecule has 1 amide bonds. The normalized spacial score (nSPS) is 24.2. The molecule has 6 heteroatoms. The van der Waals surface area contributed by atoms with E-state index in [9.17, 15) is 4.79 Å². The third-order valence-corrected chi connectivity index (χ3v) is 4.67. The number of amides is 1. The first-order valence-corrected chi connectivity index (χ1v) is 8.29. The van der Waals surface area contributed by atoms with Crippen LogP contribution >= 0.6 is 15.9 Å². The zero-order chi connectivity index (χ0) is 15.3. The maximum atomic E-state index is 12.4. The van der Waals surface area contributed by atoms with Crippen LogP contribution in [0.3, 0.4) is 0 Å². The predicted molar refractivity (Wildman–Crippen MR) is 83.1 cm³/mol. The second-order valence-corrected chi connectivity index (χ2v) is 8.06. The van der Waals surface area contributed by atoms with E-state index in [4.69, 9.17) is 4.74 Å². The molecular weight excluding hydrogens is 334 g/mol. The minimum absolute atomic E-state index is 0.00365. The number of carbonyl (C=O) groups excluding carboxylic acids is 1. The highest BCUT2D eigenvalue weighted by Gasteiger charge is 2.54. The van der Waals surface area contributed by atoms with Gasteiger partial charge in [-0.15, -0.1) is 0 Å². The zero-order valence-corrected chi connectivity index (χ0v) is 14.4. The number of ether oxygens (including phenoxy) is 1. The Morgan fingerprint density at radius 3 is 2.71 bits per heavy atom. The van der Waals surface area contributed by atoms with Crippen LogP contribution in [0, 0.1) is 0 Å². The first-order chi connectivity index (χ1) is 9.79. The minimum Gasteiger partial charge on any atom is -0.444 e. The lowest BCUT2D eigenvalue weighted by Gasteiger charge is -2.40. The van der Waals surface area contributed by atoms with Crippen LogP contribution in [0.1, 0.15) is 52.5 Å². The SMILES string of the molecule is CC(C)(C)OC(=O)N1CCC(n2cc(Br)cn2)CC12CC2. The van der Waals surface area contributed by atoms with Gasteiger partial charge in [-0.1, -0.05) is 0 Å². The first kappa shape index (κ1) is 14.9. The van der Waals surface area contributed by atoms with Crippen LogP contribution < -0.4 is 0 Å². The lowest BCUT2D eigenvalue weighted by Crippen LogP contribution is -2.50. The minimum atomic E-state index is -0.434. The van der Waals surface area contributed by atoms with E-state index in [1.807, 2.05) is 42.7 Å². The van der Waals surface area contributed by atoms with Crippen molar-refractivity contribution in [1.82, 2.24) is 14.7 Å². The number of nitrogens with zero attached hydrogens (tertiary/aromatic N) is 3. The lowest BCUT2D eigenvalue weighted by molar-refractivity contribution is -0.0000175. The molecule has 0 aromatic carbocycles. The van der Waals surface area contributed by atoms with Gasteiger partial charge in [-0.05, 0) is 62.4 Å². The van der Waals surface area contributed by atoms with Gasteiger partial charge in [-0.25, -0.2) is 4.79 Å². The molecule has 2 fully saturated rings. The Labute approximate surface area is 133 Å². The highest BCUT2D eigenvalue weighted by Crippen LogP contribution is 2.51. The van der Waals surface area contributed by atoms with Gasteiger partial charge in [0.2, 0.25) is 0 Å². The van der Waals surface area contributed by atoms with Gasteiger partial charge in [0.15, 0.2) is 0 Å². The Balaban J connectivity index is 1.70. The molecule has 1 aliphatic heterocycles. The number of likely N-dealkylation sites (tertiary alicyclic amines) is 1. The summed E-state index contributed by atoms with van der Waals surface area (Å²) in [5, 5.41) is 4.40. The molecule has 1 atom stereocenters. The number of rotatable bonds is 1. The summed E-state index contributed by atoms with van der Waals surface area (Å²) in [4.78, 5) is 14.3. The van der Waals surface area contributed by atoms with Gasteiger partial charge in [-0.2, -0.15) is 5.10 Å². The Hall–Kier alpha value is -1.04. The molecule has 1 aromatic rings. The molecule has 1 spiro atoms. The Morgan fingerprint density at radius 2 is 2.19 bits per heavy atom. The summed E-state index contributed by atoms with van der Waals surface area (Å²) in [6.07, 6.45) is 7.72. The van der Waals surface area contributed by atoms with E-state index >= 15 is 0 Å². The molecule has 3 rings (SSSR count). The van der Waals surface area contributed by atoms with Crippen LogP contribution in [0.4, 0.5) is 4.79 Å². The van der Waals surface area contributed by atoms with Crippen molar-refractivity contribution >= 4 is 22.0 Å². The monoisotopic (exact) mass is 355 g/mol. The predicted octanol–water partition coefficient (Wildman–Crippen LogP) is 3.75. The summed E-state index contributed by atoms with van der Waals surface area (Å²) >= 11 is 3.44. The van der Waals surface area contributed by atoms with E-state index in [0.717, 1.165) is 36.7 Å². The maximum Gasteiger partial charge on any atom is 0.410 e. The van der Waals surface area contributed by atoms with E-state index in [1.165, 1.54) is 0 Å². The fourth-order valence-electron chi connectivity index (χ4n) is 3.13. The molecule has 0 N–H and O–H groups in total. The topological polar surface area (TPSA) is 47.4 Å². The summed E-state index contributed by atoms with van der Waals surface area (Å²) in [6.45, 7) is 6.49. The maximum absolute atomic E-state index is 12.4. The van der Waals surface area contributed by atoms with Crippen LogP contribution in [-0.4, -0.2) is 38.5 Å². The average Bonchev–Trinajstić information content (AvgIpc) is 2.97. The highest BCUT2D eigenvalue weighted by atomic mass is 79.9. The van der Waals surface area contributed by atoms with Gasteiger partial charge in [0.05, 0.1) is 16.7 Å². The van der Waals surface area contributed by atoms with E-state index in [1.54, 1.807) is 0 Å². The van der Waals surface area contributed by atoms with Gasteiger partial charge < -0.3 is 9.64 Å². The zero-order valence-electron chi connectivity index (χ0n) is 12.8. The molecule has 2 aliphatic rings. The van der Waals surface area contributed by atoms with Crippen LogP contribution in [0.2, 0.25) is 0 Å².